The number of hydrogen-bond donors (Lipinski definition) is 0. The molecule has 1 atom stereocenters. The van der Waals surface area contributed by atoms with Crippen LogP contribution in [0.2, 0.25) is 0 Å². The third-order valence-corrected chi connectivity index (χ3v) is 6.13. The molecule has 3 aliphatic rings. The van der Waals surface area contributed by atoms with Crippen molar-refractivity contribution >= 4 is 11.7 Å². The molecule has 4 heterocycles. The number of hydrogen-bond acceptors (Lipinski definition) is 5. The normalized spacial score (nSPS) is 26.4. The third-order valence-electron chi connectivity index (χ3n) is 6.13. The Hall–Kier alpha value is -1.69. The molecule has 3 fully saturated rings. The lowest BCUT2D eigenvalue weighted by Gasteiger charge is -2.48. The van der Waals surface area contributed by atoms with Crippen LogP contribution in [-0.4, -0.2) is 59.7 Å². The quantitative estimate of drug-likeness (QED) is 0.841. The van der Waals surface area contributed by atoms with Crippen LogP contribution in [0.4, 0.5) is 5.82 Å². The molecule has 6 nitrogen and oxygen atoms in total. The van der Waals surface area contributed by atoms with E-state index in [1.807, 2.05) is 6.92 Å². The van der Waals surface area contributed by atoms with Gasteiger partial charge in [0.15, 0.2) is 0 Å². The van der Waals surface area contributed by atoms with E-state index in [-0.39, 0.29) is 11.5 Å². The number of amides is 1. The van der Waals surface area contributed by atoms with E-state index in [1.165, 1.54) is 0 Å². The highest BCUT2D eigenvalue weighted by Gasteiger charge is 2.41. The Morgan fingerprint density at radius 3 is 2.84 bits per heavy atom. The molecule has 4 rings (SSSR count). The lowest BCUT2D eigenvalue weighted by atomic mass is 9.72. The molecule has 25 heavy (non-hydrogen) atoms. The first-order valence-electron chi connectivity index (χ1n) is 9.57. The molecule has 1 spiro atoms. The van der Waals surface area contributed by atoms with Gasteiger partial charge in [0.1, 0.15) is 12.1 Å². The summed E-state index contributed by atoms with van der Waals surface area (Å²) in [6.45, 7) is 6.58. The third kappa shape index (κ3) is 3.64. The minimum Gasteiger partial charge on any atom is -0.376 e. The Bertz CT molecular complexity index is 622. The van der Waals surface area contributed by atoms with Gasteiger partial charge in [-0.05, 0) is 44.4 Å². The lowest BCUT2D eigenvalue weighted by molar-refractivity contribution is -0.140. The molecule has 0 N–H and O–H groups in total. The lowest BCUT2D eigenvalue weighted by Crippen LogP contribution is -2.53. The molecule has 0 bridgehead atoms. The predicted octanol–water partition coefficient (Wildman–Crippen LogP) is 2.17. The van der Waals surface area contributed by atoms with Crippen molar-refractivity contribution < 1.29 is 9.53 Å². The molecule has 0 unspecified atom stereocenters. The summed E-state index contributed by atoms with van der Waals surface area (Å²) in [6, 6.07) is 2.06. The molecular weight excluding hydrogens is 316 g/mol. The summed E-state index contributed by atoms with van der Waals surface area (Å²) >= 11 is 0. The molecule has 6 heteroatoms. The molecule has 0 aliphatic carbocycles. The summed E-state index contributed by atoms with van der Waals surface area (Å²) in [4.78, 5) is 25.4. The first kappa shape index (κ1) is 16.8. The second-order valence-corrected chi connectivity index (χ2v) is 7.91. The summed E-state index contributed by atoms with van der Waals surface area (Å²) in [6.07, 6.45) is 8.12. The monoisotopic (exact) mass is 344 g/mol. The average molecular weight is 344 g/mol. The van der Waals surface area contributed by atoms with E-state index in [1.54, 1.807) is 6.33 Å². The van der Waals surface area contributed by atoms with E-state index in [2.05, 4.69) is 25.8 Å². The number of carbonyl (C=O) groups excluding carboxylic acids is 1. The standard InChI is InChI=1S/C19H28N4O2/c1-15-11-17(21-14-20-15)22-8-6-19(7-9-22)5-4-18(24)23(13-19)12-16-3-2-10-25-16/h11,14,16H,2-10,12-13H2,1H3/t16-/m0/s1. The minimum atomic E-state index is 0.253. The van der Waals surface area contributed by atoms with Gasteiger partial charge in [-0.1, -0.05) is 0 Å². The molecule has 1 aromatic rings. The smallest absolute Gasteiger partial charge is 0.222 e. The summed E-state index contributed by atoms with van der Waals surface area (Å²) in [5.41, 5.74) is 1.29. The molecule has 1 aromatic heterocycles. The van der Waals surface area contributed by atoms with Crippen molar-refractivity contribution in [2.24, 2.45) is 5.41 Å². The van der Waals surface area contributed by atoms with E-state index in [4.69, 9.17) is 4.74 Å². The van der Waals surface area contributed by atoms with Crippen LogP contribution >= 0.6 is 0 Å². The summed E-state index contributed by atoms with van der Waals surface area (Å²) in [5, 5.41) is 0. The van der Waals surface area contributed by atoms with Crippen molar-refractivity contribution in [3.63, 3.8) is 0 Å². The van der Waals surface area contributed by atoms with Gasteiger partial charge in [0.25, 0.3) is 0 Å². The van der Waals surface area contributed by atoms with Crippen LogP contribution in [0, 0.1) is 12.3 Å². The minimum absolute atomic E-state index is 0.253. The van der Waals surface area contributed by atoms with Gasteiger partial charge in [-0.15, -0.1) is 0 Å². The zero-order valence-corrected chi connectivity index (χ0v) is 15.1. The number of likely N-dealkylation sites (tertiary alicyclic amines) is 1. The highest BCUT2D eigenvalue weighted by atomic mass is 16.5. The van der Waals surface area contributed by atoms with Crippen molar-refractivity contribution in [3.05, 3.63) is 18.1 Å². The SMILES string of the molecule is Cc1cc(N2CCC3(CCC(=O)N(C[C@@H]4CCCO4)C3)CC2)ncn1. The number of rotatable bonds is 3. The molecular formula is C19H28N4O2. The van der Waals surface area contributed by atoms with Crippen LogP contribution in [0.25, 0.3) is 0 Å². The first-order valence-corrected chi connectivity index (χ1v) is 9.57. The van der Waals surface area contributed by atoms with Crippen molar-refractivity contribution in [1.29, 1.82) is 0 Å². The predicted molar refractivity (Wildman–Crippen MR) is 95.4 cm³/mol. The van der Waals surface area contributed by atoms with Gasteiger partial charge >= 0.3 is 0 Å². The van der Waals surface area contributed by atoms with E-state index in [9.17, 15) is 4.79 Å². The van der Waals surface area contributed by atoms with Crippen LogP contribution in [-0.2, 0) is 9.53 Å². The average Bonchev–Trinajstić information content (AvgIpc) is 3.12. The van der Waals surface area contributed by atoms with Gasteiger partial charge in [-0.25, -0.2) is 9.97 Å². The highest BCUT2D eigenvalue weighted by Crippen LogP contribution is 2.41. The van der Waals surface area contributed by atoms with Crippen LogP contribution in [0.1, 0.15) is 44.2 Å². The van der Waals surface area contributed by atoms with Gasteiger partial charge in [-0.2, -0.15) is 0 Å². The van der Waals surface area contributed by atoms with E-state index in [0.717, 1.165) is 76.4 Å². The fraction of sp³-hybridized carbons (Fsp3) is 0.737. The second kappa shape index (κ2) is 6.90. The first-order chi connectivity index (χ1) is 12.1. The Morgan fingerprint density at radius 2 is 2.12 bits per heavy atom. The van der Waals surface area contributed by atoms with Gasteiger partial charge < -0.3 is 14.5 Å². The Kier molecular flexibility index (Phi) is 4.63. The van der Waals surface area contributed by atoms with Crippen LogP contribution in [0.3, 0.4) is 0 Å². The zero-order chi connectivity index (χ0) is 17.3. The summed E-state index contributed by atoms with van der Waals surface area (Å²) in [5.74, 6) is 1.35. The summed E-state index contributed by atoms with van der Waals surface area (Å²) < 4.78 is 5.75. The molecule has 1 amide bonds. The Balaban J connectivity index is 1.38. The van der Waals surface area contributed by atoms with Crippen LogP contribution < -0.4 is 4.90 Å². The Morgan fingerprint density at radius 1 is 1.28 bits per heavy atom. The molecule has 0 aromatic carbocycles. The summed E-state index contributed by atoms with van der Waals surface area (Å²) in [7, 11) is 0. The van der Waals surface area contributed by atoms with Gasteiger partial charge in [-0.3, -0.25) is 4.79 Å². The van der Waals surface area contributed by atoms with E-state index < -0.39 is 0 Å². The maximum absolute atomic E-state index is 12.4. The number of aryl methyl sites for hydroxylation is 1. The molecule has 0 saturated carbocycles. The molecule has 3 saturated heterocycles. The van der Waals surface area contributed by atoms with Crippen LogP contribution in [0.15, 0.2) is 12.4 Å². The number of ether oxygens (including phenoxy) is 1. The van der Waals surface area contributed by atoms with Crippen LogP contribution in [0.5, 0.6) is 0 Å². The van der Waals surface area contributed by atoms with Gasteiger partial charge in [0.2, 0.25) is 5.91 Å². The van der Waals surface area contributed by atoms with Crippen molar-refractivity contribution in [2.75, 3.05) is 37.7 Å². The van der Waals surface area contributed by atoms with E-state index >= 15 is 0 Å². The Labute approximate surface area is 149 Å². The maximum Gasteiger partial charge on any atom is 0.222 e. The number of aromatic nitrogens is 2. The van der Waals surface area contributed by atoms with Crippen molar-refractivity contribution in [2.45, 2.75) is 51.6 Å². The fourth-order valence-corrected chi connectivity index (χ4v) is 4.53. The number of carbonyl (C=O) groups is 1. The number of piperidine rings is 2. The van der Waals surface area contributed by atoms with Gasteiger partial charge in [0.05, 0.1) is 6.10 Å². The number of nitrogens with zero attached hydrogens (tertiary/aromatic N) is 4. The van der Waals surface area contributed by atoms with Crippen molar-refractivity contribution in [3.8, 4) is 0 Å². The molecule has 3 aliphatic heterocycles. The molecule has 136 valence electrons. The van der Waals surface area contributed by atoms with Crippen molar-refractivity contribution in [1.82, 2.24) is 14.9 Å². The second-order valence-electron chi connectivity index (χ2n) is 7.91. The topological polar surface area (TPSA) is 58.6 Å². The highest BCUT2D eigenvalue weighted by molar-refractivity contribution is 5.77. The molecule has 0 radical (unpaired) electrons. The maximum atomic E-state index is 12.4. The zero-order valence-electron chi connectivity index (χ0n) is 15.1. The number of anilines is 1. The van der Waals surface area contributed by atoms with Gasteiger partial charge in [0, 0.05) is 51.0 Å². The fourth-order valence-electron chi connectivity index (χ4n) is 4.53. The largest absolute Gasteiger partial charge is 0.376 e. The van der Waals surface area contributed by atoms with E-state index in [0.29, 0.717) is 12.3 Å².